The van der Waals surface area contributed by atoms with E-state index >= 15 is 0 Å². The maximum atomic E-state index is 5.47. The average molecular weight is 233 g/mol. The summed E-state index contributed by atoms with van der Waals surface area (Å²) in [6.07, 6.45) is 2.69. The van der Waals surface area contributed by atoms with Crippen LogP contribution >= 0.6 is 0 Å². The predicted octanol–water partition coefficient (Wildman–Crippen LogP) is 3.11. The van der Waals surface area contributed by atoms with E-state index in [9.17, 15) is 0 Å². The molecule has 2 rings (SSSR count). The minimum atomic E-state index is 0.188. The van der Waals surface area contributed by atoms with Gasteiger partial charge in [0.15, 0.2) is 0 Å². The summed E-state index contributed by atoms with van der Waals surface area (Å²) < 4.78 is 5.47. The van der Waals surface area contributed by atoms with Gasteiger partial charge in [0.05, 0.1) is 6.61 Å². The molecular weight excluding hydrogens is 210 g/mol. The summed E-state index contributed by atoms with van der Waals surface area (Å²) in [5.74, 6) is 0.960. The van der Waals surface area contributed by atoms with Gasteiger partial charge in [-0.15, -0.1) is 0 Å². The molecule has 1 N–H and O–H groups in total. The van der Waals surface area contributed by atoms with Gasteiger partial charge < -0.3 is 10.1 Å². The van der Waals surface area contributed by atoms with Crippen LogP contribution in [-0.4, -0.2) is 19.2 Å². The molecule has 0 unspecified atom stereocenters. The Morgan fingerprint density at radius 2 is 1.88 bits per heavy atom. The molecule has 0 atom stereocenters. The zero-order valence-electron chi connectivity index (χ0n) is 11.1. The minimum Gasteiger partial charge on any atom is -0.494 e. The van der Waals surface area contributed by atoms with Gasteiger partial charge in [-0.25, -0.2) is 0 Å². The van der Waals surface area contributed by atoms with E-state index in [1.54, 1.807) is 0 Å². The van der Waals surface area contributed by atoms with E-state index in [1.165, 1.54) is 18.4 Å². The Morgan fingerprint density at radius 3 is 2.41 bits per heavy atom. The lowest BCUT2D eigenvalue weighted by Crippen LogP contribution is -2.34. The van der Waals surface area contributed by atoms with Crippen LogP contribution in [-0.2, 0) is 5.41 Å². The molecule has 0 aromatic heterocycles. The van der Waals surface area contributed by atoms with Crippen LogP contribution in [0.5, 0.6) is 5.75 Å². The third kappa shape index (κ3) is 3.47. The highest BCUT2D eigenvalue weighted by Gasteiger charge is 2.26. The number of nitrogens with one attached hydrogen (secondary N) is 1. The Hall–Kier alpha value is -1.02. The SMILES string of the molecule is CCOc1ccc(C(C)(C)CNC2CC2)cc1. The lowest BCUT2D eigenvalue weighted by molar-refractivity contribution is 0.340. The van der Waals surface area contributed by atoms with E-state index in [2.05, 4.69) is 43.4 Å². The van der Waals surface area contributed by atoms with Crippen molar-refractivity contribution in [3.63, 3.8) is 0 Å². The van der Waals surface area contributed by atoms with Crippen LogP contribution in [0.3, 0.4) is 0 Å². The van der Waals surface area contributed by atoms with Crippen LogP contribution in [0.2, 0.25) is 0 Å². The first-order valence-electron chi connectivity index (χ1n) is 6.58. The summed E-state index contributed by atoms with van der Waals surface area (Å²) >= 11 is 0. The van der Waals surface area contributed by atoms with E-state index in [0.717, 1.165) is 24.9 Å². The molecule has 0 heterocycles. The molecule has 0 aliphatic heterocycles. The number of benzene rings is 1. The standard InChI is InChI=1S/C15H23NO/c1-4-17-14-9-5-12(6-10-14)15(2,3)11-16-13-7-8-13/h5-6,9-10,13,16H,4,7-8,11H2,1-3H3. The number of hydrogen-bond donors (Lipinski definition) is 1. The fourth-order valence-electron chi connectivity index (χ4n) is 1.96. The van der Waals surface area contributed by atoms with E-state index in [4.69, 9.17) is 4.74 Å². The van der Waals surface area contributed by atoms with Gasteiger partial charge in [-0.05, 0) is 37.5 Å². The van der Waals surface area contributed by atoms with Gasteiger partial charge in [-0.3, -0.25) is 0 Å². The molecular formula is C15H23NO. The summed E-state index contributed by atoms with van der Waals surface area (Å²) in [5.41, 5.74) is 1.56. The lowest BCUT2D eigenvalue weighted by Gasteiger charge is -2.26. The Morgan fingerprint density at radius 1 is 1.24 bits per heavy atom. The highest BCUT2D eigenvalue weighted by atomic mass is 16.5. The van der Waals surface area contributed by atoms with Gasteiger partial charge in [0.25, 0.3) is 0 Å². The fraction of sp³-hybridized carbons (Fsp3) is 0.600. The van der Waals surface area contributed by atoms with Crippen molar-refractivity contribution in [2.24, 2.45) is 0 Å². The van der Waals surface area contributed by atoms with Gasteiger partial charge in [0, 0.05) is 18.0 Å². The second kappa shape index (κ2) is 5.09. The van der Waals surface area contributed by atoms with Gasteiger partial charge in [0.2, 0.25) is 0 Å². The average Bonchev–Trinajstić information content (AvgIpc) is 3.12. The molecule has 17 heavy (non-hydrogen) atoms. The predicted molar refractivity (Wildman–Crippen MR) is 71.7 cm³/mol. The quantitative estimate of drug-likeness (QED) is 0.815. The van der Waals surface area contributed by atoms with Crippen molar-refractivity contribution in [3.8, 4) is 5.75 Å². The Kier molecular flexibility index (Phi) is 3.72. The summed E-state index contributed by atoms with van der Waals surface area (Å²) in [5, 5.41) is 3.60. The number of ether oxygens (including phenoxy) is 1. The van der Waals surface area contributed by atoms with Crippen molar-refractivity contribution in [1.29, 1.82) is 0 Å². The molecule has 0 bridgehead atoms. The van der Waals surface area contributed by atoms with Crippen LogP contribution < -0.4 is 10.1 Å². The molecule has 1 saturated carbocycles. The van der Waals surface area contributed by atoms with Crippen molar-refractivity contribution < 1.29 is 4.74 Å². The van der Waals surface area contributed by atoms with Crippen LogP contribution in [0.25, 0.3) is 0 Å². The fourth-order valence-corrected chi connectivity index (χ4v) is 1.96. The van der Waals surface area contributed by atoms with Crippen LogP contribution in [0.15, 0.2) is 24.3 Å². The Bertz CT molecular complexity index is 352. The molecule has 2 nitrogen and oxygen atoms in total. The number of rotatable bonds is 6. The molecule has 0 amide bonds. The third-order valence-electron chi connectivity index (χ3n) is 3.36. The summed E-state index contributed by atoms with van der Waals surface area (Å²) in [6.45, 7) is 8.37. The van der Waals surface area contributed by atoms with Crippen molar-refractivity contribution in [2.45, 2.75) is 45.1 Å². The monoisotopic (exact) mass is 233 g/mol. The van der Waals surface area contributed by atoms with Crippen LogP contribution in [0, 0.1) is 0 Å². The molecule has 1 aromatic carbocycles. The highest BCUT2D eigenvalue weighted by Crippen LogP contribution is 2.26. The second-order valence-corrected chi connectivity index (χ2v) is 5.50. The smallest absolute Gasteiger partial charge is 0.119 e. The molecule has 2 heteroatoms. The molecule has 1 aliphatic carbocycles. The highest BCUT2D eigenvalue weighted by molar-refractivity contribution is 5.31. The van der Waals surface area contributed by atoms with E-state index < -0.39 is 0 Å². The zero-order chi connectivity index (χ0) is 12.3. The zero-order valence-corrected chi connectivity index (χ0v) is 11.1. The van der Waals surface area contributed by atoms with Gasteiger partial charge >= 0.3 is 0 Å². The summed E-state index contributed by atoms with van der Waals surface area (Å²) in [6, 6.07) is 9.27. The molecule has 1 aliphatic rings. The molecule has 0 spiro atoms. The van der Waals surface area contributed by atoms with Crippen LogP contribution in [0.1, 0.15) is 39.2 Å². The van der Waals surface area contributed by atoms with Crippen molar-refractivity contribution in [3.05, 3.63) is 29.8 Å². The lowest BCUT2D eigenvalue weighted by atomic mass is 9.84. The van der Waals surface area contributed by atoms with Crippen LogP contribution in [0.4, 0.5) is 0 Å². The van der Waals surface area contributed by atoms with Gasteiger partial charge in [0.1, 0.15) is 5.75 Å². The van der Waals surface area contributed by atoms with Crippen molar-refractivity contribution in [2.75, 3.05) is 13.2 Å². The first-order valence-corrected chi connectivity index (χ1v) is 6.58. The molecule has 0 radical (unpaired) electrons. The molecule has 1 fully saturated rings. The largest absolute Gasteiger partial charge is 0.494 e. The normalized spacial score (nSPS) is 15.9. The van der Waals surface area contributed by atoms with E-state index in [0.29, 0.717) is 0 Å². The first-order chi connectivity index (χ1) is 8.12. The summed E-state index contributed by atoms with van der Waals surface area (Å²) in [7, 11) is 0. The summed E-state index contributed by atoms with van der Waals surface area (Å²) in [4.78, 5) is 0. The Balaban J connectivity index is 1.98. The first kappa shape index (κ1) is 12.4. The second-order valence-electron chi connectivity index (χ2n) is 5.50. The van der Waals surface area contributed by atoms with E-state index in [-0.39, 0.29) is 5.41 Å². The maximum Gasteiger partial charge on any atom is 0.119 e. The number of hydrogen-bond acceptors (Lipinski definition) is 2. The maximum absolute atomic E-state index is 5.47. The molecule has 0 saturated heterocycles. The van der Waals surface area contributed by atoms with Crippen molar-refractivity contribution >= 4 is 0 Å². The topological polar surface area (TPSA) is 21.3 Å². The van der Waals surface area contributed by atoms with E-state index in [1.807, 2.05) is 6.92 Å². The van der Waals surface area contributed by atoms with Crippen molar-refractivity contribution in [1.82, 2.24) is 5.32 Å². The minimum absolute atomic E-state index is 0.188. The van der Waals surface area contributed by atoms with Gasteiger partial charge in [-0.2, -0.15) is 0 Å². The molecule has 1 aromatic rings. The third-order valence-corrected chi connectivity index (χ3v) is 3.36. The molecule has 94 valence electrons. The van der Waals surface area contributed by atoms with Gasteiger partial charge in [-0.1, -0.05) is 26.0 Å². The Labute approximate surface area is 104 Å².